The smallest absolute Gasteiger partial charge is 0.328 e. The number of carboxylic acid groups (broad SMARTS) is 1. The first-order valence-electron chi connectivity index (χ1n) is 8.77. The van der Waals surface area contributed by atoms with Crippen molar-refractivity contribution in [2.75, 3.05) is 0 Å². The van der Waals surface area contributed by atoms with Gasteiger partial charge in [0.25, 0.3) is 0 Å². The number of benzene rings is 2. The highest BCUT2D eigenvalue weighted by atomic mass is 19.1. The number of hydrogen-bond acceptors (Lipinski definition) is 2. The number of hydrogen-bond donors (Lipinski definition) is 2. The summed E-state index contributed by atoms with van der Waals surface area (Å²) in [5, 5.41) is 18.2. The van der Waals surface area contributed by atoms with Crippen LogP contribution in [0, 0.1) is 5.82 Å². The molecule has 0 unspecified atom stereocenters. The molecule has 2 aromatic rings. The summed E-state index contributed by atoms with van der Waals surface area (Å²) in [6.07, 6.45) is 8.07. The minimum Gasteiger partial charge on any atom is -0.505 e. The largest absolute Gasteiger partial charge is 0.505 e. The number of phenolic OH excluding ortho intramolecular Hbond substituents is 1. The Morgan fingerprint density at radius 1 is 0.962 bits per heavy atom. The molecule has 0 radical (unpaired) electrons. The minimum atomic E-state index is -0.987. The van der Waals surface area contributed by atoms with E-state index in [2.05, 4.69) is 0 Å². The van der Waals surface area contributed by atoms with E-state index in [1.54, 1.807) is 12.1 Å². The van der Waals surface area contributed by atoms with Crippen LogP contribution in [0.5, 0.6) is 5.75 Å². The summed E-state index contributed by atoms with van der Waals surface area (Å²) in [5.74, 6) is -1.97. The van der Waals surface area contributed by atoms with E-state index in [0.29, 0.717) is 0 Å². The highest BCUT2D eigenvalue weighted by Gasteiger charge is 2.16. The van der Waals surface area contributed by atoms with Gasteiger partial charge in [-0.1, -0.05) is 42.3 Å². The van der Waals surface area contributed by atoms with Gasteiger partial charge in [-0.2, -0.15) is 0 Å². The van der Waals surface area contributed by atoms with E-state index >= 15 is 0 Å². The molecular weight excluding hydrogens is 331 g/mol. The summed E-state index contributed by atoms with van der Waals surface area (Å²) >= 11 is 0. The lowest BCUT2D eigenvalue weighted by atomic mass is 9.85. The van der Waals surface area contributed by atoms with Crippen LogP contribution in [0.4, 0.5) is 4.39 Å². The molecule has 3 nitrogen and oxygen atoms in total. The van der Waals surface area contributed by atoms with Crippen molar-refractivity contribution < 1.29 is 19.4 Å². The number of halogens is 1. The van der Waals surface area contributed by atoms with Crippen molar-refractivity contribution in [1.29, 1.82) is 0 Å². The van der Waals surface area contributed by atoms with Gasteiger partial charge in [-0.3, -0.25) is 0 Å². The third-order valence-corrected chi connectivity index (χ3v) is 4.66. The molecule has 0 spiro atoms. The number of aromatic hydroxyl groups is 1. The van der Waals surface area contributed by atoms with Crippen LogP contribution >= 0.6 is 0 Å². The average molecular weight is 352 g/mol. The second kappa shape index (κ2) is 8.00. The number of phenols is 1. The number of carboxylic acids is 1. The predicted octanol–water partition coefficient (Wildman–Crippen LogP) is 5.40. The molecule has 0 aliphatic heterocycles. The topological polar surface area (TPSA) is 57.5 Å². The monoisotopic (exact) mass is 352 g/mol. The van der Waals surface area contributed by atoms with Gasteiger partial charge in [-0.05, 0) is 66.2 Å². The third kappa shape index (κ3) is 4.20. The van der Waals surface area contributed by atoms with Gasteiger partial charge in [0.05, 0.1) is 0 Å². The first kappa shape index (κ1) is 17.9. The van der Waals surface area contributed by atoms with E-state index in [4.69, 9.17) is 5.11 Å². The number of rotatable bonds is 4. The Hall–Kier alpha value is -2.88. The fourth-order valence-corrected chi connectivity index (χ4v) is 3.39. The summed E-state index contributed by atoms with van der Waals surface area (Å²) in [7, 11) is 0. The van der Waals surface area contributed by atoms with Gasteiger partial charge in [0.1, 0.15) is 0 Å². The van der Waals surface area contributed by atoms with Crippen LogP contribution in [0.15, 0.2) is 54.1 Å². The maximum absolute atomic E-state index is 13.9. The van der Waals surface area contributed by atoms with Crippen LogP contribution in [0.25, 0.3) is 11.6 Å². The van der Waals surface area contributed by atoms with Crippen molar-refractivity contribution in [1.82, 2.24) is 0 Å². The van der Waals surface area contributed by atoms with Crippen molar-refractivity contribution >= 4 is 17.6 Å². The minimum absolute atomic E-state index is 0.351. The molecule has 0 heterocycles. The Labute approximate surface area is 152 Å². The molecule has 0 bridgehead atoms. The zero-order valence-corrected chi connectivity index (χ0v) is 14.4. The Balaban J connectivity index is 2.03. The molecule has 4 heteroatoms. The highest BCUT2D eigenvalue weighted by molar-refractivity contribution is 5.86. The van der Waals surface area contributed by atoms with Gasteiger partial charge >= 0.3 is 5.97 Å². The van der Waals surface area contributed by atoms with E-state index in [0.717, 1.165) is 54.0 Å². The van der Waals surface area contributed by atoms with Crippen molar-refractivity contribution in [3.63, 3.8) is 0 Å². The van der Waals surface area contributed by atoms with Gasteiger partial charge in [-0.15, -0.1) is 0 Å². The maximum atomic E-state index is 13.9. The Morgan fingerprint density at radius 3 is 2.23 bits per heavy atom. The molecule has 3 rings (SSSR count). The molecule has 1 aliphatic carbocycles. The molecule has 1 aliphatic rings. The van der Waals surface area contributed by atoms with Gasteiger partial charge in [-0.25, -0.2) is 9.18 Å². The predicted molar refractivity (Wildman–Crippen MR) is 100 cm³/mol. The van der Waals surface area contributed by atoms with E-state index in [9.17, 15) is 14.3 Å². The van der Waals surface area contributed by atoms with Gasteiger partial charge < -0.3 is 10.2 Å². The first-order valence-corrected chi connectivity index (χ1v) is 8.77. The quantitative estimate of drug-likeness (QED) is 0.725. The molecule has 0 atom stereocenters. The molecule has 2 aromatic carbocycles. The van der Waals surface area contributed by atoms with E-state index in [1.165, 1.54) is 24.1 Å². The lowest BCUT2D eigenvalue weighted by molar-refractivity contribution is -0.131. The first-order chi connectivity index (χ1) is 12.5. The molecule has 134 valence electrons. The zero-order valence-electron chi connectivity index (χ0n) is 14.4. The summed E-state index contributed by atoms with van der Waals surface area (Å²) in [6.45, 7) is 0. The second-order valence-corrected chi connectivity index (χ2v) is 6.50. The van der Waals surface area contributed by atoms with Crippen LogP contribution in [-0.4, -0.2) is 16.2 Å². The van der Waals surface area contributed by atoms with Crippen molar-refractivity contribution in [2.45, 2.75) is 32.1 Å². The van der Waals surface area contributed by atoms with E-state index < -0.39 is 11.8 Å². The Kier molecular flexibility index (Phi) is 5.52. The maximum Gasteiger partial charge on any atom is 0.328 e. The summed E-state index contributed by atoms with van der Waals surface area (Å²) in [5.41, 5.74) is 4.83. The molecular formula is C22H21FO3. The molecule has 26 heavy (non-hydrogen) atoms. The number of allylic oxidation sites excluding steroid dienone is 1. The SMILES string of the molecule is O=C(O)/C=C/c1ccc(C(=C2CCCCC2)c2ccc(O)c(F)c2)cc1. The average Bonchev–Trinajstić information content (AvgIpc) is 2.65. The Morgan fingerprint density at radius 2 is 1.62 bits per heavy atom. The summed E-state index contributed by atoms with van der Waals surface area (Å²) < 4.78 is 13.9. The van der Waals surface area contributed by atoms with Gasteiger partial charge in [0.15, 0.2) is 11.6 Å². The van der Waals surface area contributed by atoms with E-state index in [-0.39, 0.29) is 5.75 Å². The molecule has 0 aromatic heterocycles. The zero-order chi connectivity index (χ0) is 18.5. The van der Waals surface area contributed by atoms with Crippen LogP contribution in [0.1, 0.15) is 48.8 Å². The Bertz CT molecular complexity index is 855. The number of aliphatic carboxylic acids is 1. The fraction of sp³-hybridized carbons (Fsp3) is 0.227. The number of carbonyl (C=O) groups is 1. The highest BCUT2D eigenvalue weighted by Crippen LogP contribution is 2.36. The van der Waals surface area contributed by atoms with Crippen LogP contribution in [0.2, 0.25) is 0 Å². The van der Waals surface area contributed by atoms with Crippen molar-refractivity contribution in [2.24, 2.45) is 0 Å². The normalized spacial score (nSPS) is 14.6. The van der Waals surface area contributed by atoms with Gasteiger partial charge in [0, 0.05) is 6.08 Å². The van der Waals surface area contributed by atoms with Gasteiger partial charge in [0.2, 0.25) is 0 Å². The lowest BCUT2D eigenvalue weighted by Crippen LogP contribution is -2.01. The fourth-order valence-electron chi connectivity index (χ4n) is 3.39. The molecule has 2 N–H and O–H groups in total. The van der Waals surface area contributed by atoms with Crippen molar-refractivity contribution in [3.8, 4) is 5.75 Å². The molecule has 0 saturated heterocycles. The van der Waals surface area contributed by atoms with Crippen molar-refractivity contribution in [3.05, 3.63) is 76.6 Å². The second-order valence-electron chi connectivity index (χ2n) is 6.50. The molecule has 1 fully saturated rings. The van der Waals surface area contributed by atoms with Crippen LogP contribution in [0.3, 0.4) is 0 Å². The van der Waals surface area contributed by atoms with E-state index in [1.807, 2.05) is 24.3 Å². The molecule has 1 saturated carbocycles. The van der Waals surface area contributed by atoms with Crippen LogP contribution in [-0.2, 0) is 4.79 Å². The summed E-state index contributed by atoms with van der Waals surface area (Å²) in [4.78, 5) is 10.6. The summed E-state index contributed by atoms with van der Waals surface area (Å²) in [6, 6.07) is 12.1. The lowest BCUT2D eigenvalue weighted by Gasteiger charge is -2.20. The van der Waals surface area contributed by atoms with Crippen LogP contribution < -0.4 is 0 Å². The standard InChI is InChI=1S/C22H21FO3/c23-19-14-18(11-12-20(19)24)22(16-4-2-1-3-5-16)17-9-6-15(7-10-17)8-13-21(25)26/h6-14,24H,1-5H2,(H,25,26)/b13-8+. The molecule has 0 amide bonds. The third-order valence-electron chi connectivity index (χ3n) is 4.66.